The molecule has 274 valence electrons. The molecule has 0 radical (unpaired) electrons. The van der Waals surface area contributed by atoms with Crippen molar-refractivity contribution in [1.82, 2.24) is 15.4 Å². The first-order valence-corrected chi connectivity index (χ1v) is 18.6. The Kier molecular flexibility index (Phi) is 8.31. The third kappa shape index (κ3) is 5.99. The first-order chi connectivity index (χ1) is 25.4. The summed E-state index contributed by atoms with van der Waals surface area (Å²) in [6, 6.07) is 13.7. The summed E-state index contributed by atoms with van der Waals surface area (Å²) in [5.74, 6) is -3.24. The lowest BCUT2D eigenvalue weighted by atomic mass is 9.92. The molecule has 3 fully saturated rings. The number of nitrogens with one attached hydrogen (secondary N) is 4. The van der Waals surface area contributed by atoms with E-state index >= 15 is 4.39 Å². The van der Waals surface area contributed by atoms with Gasteiger partial charge in [-0.15, -0.1) is 0 Å². The molecule has 4 aliphatic rings. The molecule has 0 bridgehead atoms. The minimum Gasteiger partial charge on any atom is -0.506 e. The summed E-state index contributed by atoms with van der Waals surface area (Å²) in [5.41, 5.74) is 1.91. The van der Waals surface area contributed by atoms with Gasteiger partial charge in [-0.3, -0.25) is 29.4 Å². The second-order valence-electron chi connectivity index (χ2n) is 13.6. The van der Waals surface area contributed by atoms with Crippen LogP contribution >= 0.6 is 0 Å². The van der Waals surface area contributed by atoms with E-state index in [-0.39, 0.29) is 35.4 Å². The fourth-order valence-electron chi connectivity index (χ4n) is 7.83. The van der Waals surface area contributed by atoms with E-state index in [9.17, 15) is 37.5 Å². The van der Waals surface area contributed by atoms with Gasteiger partial charge in [0.1, 0.15) is 24.0 Å². The van der Waals surface area contributed by atoms with Crippen molar-refractivity contribution in [1.29, 1.82) is 0 Å². The molecule has 1 unspecified atom stereocenters. The Labute approximate surface area is 302 Å². The van der Waals surface area contributed by atoms with E-state index in [1.807, 2.05) is 24.3 Å². The molecule has 8 rings (SSSR count). The summed E-state index contributed by atoms with van der Waals surface area (Å²) in [5, 5.41) is 20.3. The standard InChI is InChI=1S/C36H34FN7O8S/c37-32-22-5-4-21(16-20(22)17-28(45)33(32)43-18-30(47)41-53(43,51)52)39-36(50)38-13-10-19-11-14-42(15-12-19)25-6-7-26-31-23(25)2-1-3-24(31)35(49)44(26)27-8-9-29(46)40-34(27)48/h1-7,16-17,19,27,45H,8-15,18H2,(H,41,47)(H2,38,39,50)(H,40,46,48). The highest BCUT2D eigenvalue weighted by Crippen LogP contribution is 2.44. The Balaban J connectivity index is 0.869. The molecule has 0 aliphatic carbocycles. The molecule has 4 aliphatic heterocycles. The lowest BCUT2D eigenvalue weighted by Gasteiger charge is -2.35. The fourth-order valence-corrected chi connectivity index (χ4v) is 8.99. The summed E-state index contributed by atoms with van der Waals surface area (Å²) in [6.45, 7) is 1.30. The van der Waals surface area contributed by atoms with Crippen molar-refractivity contribution in [3.8, 4) is 5.75 Å². The number of aromatic hydroxyl groups is 1. The molecule has 17 heteroatoms. The average molecular weight is 744 g/mol. The van der Waals surface area contributed by atoms with Gasteiger partial charge in [0.05, 0.1) is 5.69 Å². The van der Waals surface area contributed by atoms with Gasteiger partial charge in [0, 0.05) is 59.2 Å². The van der Waals surface area contributed by atoms with Crippen LogP contribution in [0.4, 0.5) is 31.9 Å². The van der Waals surface area contributed by atoms with Gasteiger partial charge in [0.2, 0.25) is 11.8 Å². The van der Waals surface area contributed by atoms with Crippen molar-refractivity contribution in [2.75, 3.05) is 45.6 Å². The van der Waals surface area contributed by atoms with Crippen molar-refractivity contribution in [3.63, 3.8) is 0 Å². The van der Waals surface area contributed by atoms with Crippen LogP contribution in [0, 0.1) is 11.7 Å². The molecule has 4 heterocycles. The molecule has 6 amide bonds. The highest BCUT2D eigenvalue weighted by Gasteiger charge is 2.41. The Morgan fingerprint density at radius 2 is 1.72 bits per heavy atom. The molecule has 3 saturated heterocycles. The molecule has 5 N–H and O–H groups in total. The van der Waals surface area contributed by atoms with Gasteiger partial charge >= 0.3 is 16.2 Å². The van der Waals surface area contributed by atoms with Gasteiger partial charge in [-0.2, -0.15) is 8.42 Å². The van der Waals surface area contributed by atoms with Crippen LogP contribution in [0.2, 0.25) is 0 Å². The van der Waals surface area contributed by atoms with E-state index in [1.54, 1.807) is 10.8 Å². The number of nitrogens with zero attached hydrogens (tertiary/aromatic N) is 3. The van der Waals surface area contributed by atoms with Crippen LogP contribution in [-0.2, 0) is 24.6 Å². The fraction of sp³-hybridized carbons (Fsp3) is 0.306. The van der Waals surface area contributed by atoms with Crippen LogP contribution in [0.5, 0.6) is 5.75 Å². The molecule has 0 saturated carbocycles. The molecule has 1 atom stereocenters. The zero-order valence-corrected chi connectivity index (χ0v) is 29.0. The third-order valence-corrected chi connectivity index (χ3v) is 11.8. The number of carbonyl (C=O) groups excluding carboxylic acids is 5. The maximum atomic E-state index is 15.4. The molecular formula is C36H34FN7O8S. The highest BCUT2D eigenvalue weighted by atomic mass is 32.2. The summed E-state index contributed by atoms with van der Waals surface area (Å²) < 4.78 is 42.0. The lowest BCUT2D eigenvalue weighted by Crippen LogP contribution is -2.53. The van der Waals surface area contributed by atoms with Crippen LogP contribution in [0.15, 0.2) is 54.6 Å². The van der Waals surface area contributed by atoms with Crippen LogP contribution in [-0.4, -0.2) is 75.4 Å². The number of hydrogen-bond donors (Lipinski definition) is 5. The number of amides is 6. The maximum Gasteiger partial charge on any atom is 0.326 e. The van der Waals surface area contributed by atoms with E-state index in [1.165, 1.54) is 29.2 Å². The number of phenols is 1. The van der Waals surface area contributed by atoms with Gasteiger partial charge < -0.3 is 20.6 Å². The third-order valence-electron chi connectivity index (χ3n) is 10.4. The van der Waals surface area contributed by atoms with Gasteiger partial charge in [-0.25, -0.2) is 18.2 Å². The van der Waals surface area contributed by atoms with Crippen molar-refractivity contribution >= 4 is 84.2 Å². The molecule has 4 aromatic carbocycles. The smallest absolute Gasteiger partial charge is 0.326 e. The normalized spacial score (nSPS) is 19.9. The van der Waals surface area contributed by atoms with Gasteiger partial charge in [0.15, 0.2) is 5.82 Å². The van der Waals surface area contributed by atoms with E-state index in [0.717, 1.165) is 48.8 Å². The predicted molar refractivity (Wildman–Crippen MR) is 193 cm³/mol. The minimum atomic E-state index is -4.34. The molecule has 0 aromatic heterocycles. The number of carbonyl (C=O) groups is 5. The number of phenolic OH excluding ortho intramolecular Hbond substituents is 1. The number of benzene rings is 4. The molecule has 15 nitrogen and oxygen atoms in total. The molecule has 4 aromatic rings. The Morgan fingerprint density at radius 1 is 0.943 bits per heavy atom. The summed E-state index contributed by atoms with van der Waals surface area (Å²) in [7, 11) is -4.34. The summed E-state index contributed by atoms with van der Waals surface area (Å²) >= 11 is 0. The first-order valence-electron chi connectivity index (χ1n) is 17.2. The molecule has 53 heavy (non-hydrogen) atoms. The molecule has 0 spiro atoms. The van der Waals surface area contributed by atoms with Gasteiger partial charge in [0.25, 0.3) is 11.8 Å². The number of urea groups is 1. The van der Waals surface area contributed by atoms with Crippen molar-refractivity contribution in [2.24, 2.45) is 5.92 Å². The minimum absolute atomic E-state index is 0.00978. The van der Waals surface area contributed by atoms with Crippen molar-refractivity contribution < 1.29 is 41.9 Å². The number of anilines is 4. The Hall–Kier alpha value is -5.97. The number of piperidine rings is 2. The molecular weight excluding hydrogens is 710 g/mol. The zero-order chi connectivity index (χ0) is 37.2. The second kappa shape index (κ2) is 12.9. The predicted octanol–water partition coefficient (Wildman–Crippen LogP) is 3.21. The van der Waals surface area contributed by atoms with Crippen molar-refractivity contribution in [3.05, 3.63) is 66.0 Å². The number of rotatable bonds is 7. The summed E-state index contributed by atoms with van der Waals surface area (Å²) in [6.07, 6.45) is 2.97. The number of fused-ring (bicyclic) bond motifs is 1. The van der Waals surface area contributed by atoms with Gasteiger partial charge in [-0.1, -0.05) is 12.1 Å². The van der Waals surface area contributed by atoms with Crippen LogP contribution < -0.4 is 34.8 Å². The lowest BCUT2D eigenvalue weighted by molar-refractivity contribution is -0.134. The first kappa shape index (κ1) is 34.1. The van der Waals surface area contributed by atoms with E-state index in [4.69, 9.17) is 0 Å². The van der Waals surface area contributed by atoms with Crippen molar-refractivity contribution in [2.45, 2.75) is 38.1 Å². The van der Waals surface area contributed by atoms with Crippen LogP contribution in [0.1, 0.15) is 42.5 Å². The quantitative estimate of drug-likeness (QED) is 0.177. The topological polar surface area (TPSA) is 198 Å². The number of halogens is 1. The number of hydrogen-bond acceptors (Lipinski definition) is 9. The number of imide groups is 1. The largest absolute Gasteiger partial charge is 0.506 e. The Bertz CT molecular complexity index is 2380. The van der Waals surface area contributed by atoms with E-state index in [0.29, 0.717) is 33.7 Å². The van der Waals surface area contributed by atoms with Gasteiger partial charge in [-0.05, 0) is 79.5 Å². The Morgan fingerprint density at radius 3 is 2.45 bits per heavy atom. The highest BCUT2D eigenvalue weighted by molar-refractivity contribution is 7.92. The van der Waals surface area contributed by atoms with E-state index in [2.05, 4.69) is 20.9 Å². The zero-order valence-electron chi connectivity index (χ0n) is 28.1. The average Bonchev–Trinajstić information content (AvgIpc) is 3.56. The summed E-state index contributed by atoms with van der Waals surface area (Å²) in [4.78, 5) is 66.1. The van der Waals surface area contributed by atoms with E-state index < -0.39 is 57.9 Å². The van der Waals surface area contributed by atoms with Crippen LogP contribution in [0.3, 0.4) is 0 Å². The maximum absolute atomic E-state index is 15.4. The monoisotopic (exact) mass is 743 g/mol. The SMILES string of the molecule is O=C1CCC(N2C(=O)c3cccc4c(N5CCC(CCNC(=O)Nc6ccc7c(F)c(N8CC(=O)NS8(=O)=O)c(O)cc7c6)CC5)ccc2c34)C(=O)N1. The van der Waals surface area contributed by atoms with Crippen LogP contribution in [0.25, 0.3) is 21.5 Å². The second-order valence-corrected chi connectivity index (χ2v) is 15.2.